The molecular weight excluding hydrogens is 262 g/mol. The molecule has 106 valence electrons. The van der Waals surface area contributed by atoms with Crippen molar-refractivity contribution < 1.29 is 20.1 Å². The van der Waals surface area contributed by atoms with Gasteiger partial charge in [-0.05, 0) is 30.3 Å². The van der Waals surface area contributed by atoms with E-state index in [0.717, 1.165) is 0 Å². The zero-order valence-electron chi connectivity index (χ0n) is 10.4. The number of phenolic OH excluding ortho intramolecular Hbond substituents is 2. The number of benzene rings is 2. The number of nitrogen functional groups attached to an aromatic ring is 3. The monoisotopic (exact) mass is 277 g/mol. The lowest BCUT2D eigenvalue weighted by Gasteiger charge is -1.98. The first-order chi connectivity index (χ1) is 9.29. The molecule has 0 aliphatic carbocycles. The summed E-state index contributed by atoms with van der Waals surface area (Å²) in [6.45, 7) is 0. The Morgan fingerprint density at radius 3 is 1.85 bits per heavy atom. The van der Waals surface area contributed by atoms with Gasteiger partial charge >= 0.3 is 5.97 Å². The van der Waals surface area contributed by atoms with Crippen molar-refractivity contribution in [2.24, 2.45) is 0 Å². The first kappa shape index (κ1) is 15.0. The normalized spacial score (nSPS) is 9.40. The summed E-state index contributed by atoms with van der Waals surface area (Å²) >= 11 is 0. The van der Waals surface area contributed by atoms with Gasteiger partial charge < -0.3 is 32.5 Å². The van der Waals surface area contributed by atoms with Gasteiger partial charge in [0.25, 0.3) is 0 Å². The van der Waals surface area contributed by atoms with Crippen LogP contribution in [0.3, 0.4) is 0 Å². The molecule has 2 aromatic rings. The van der Waals surface area contributed by atoms with Gasteiger partial charge in [0.1, 0.15) is 11.5 Å². The van der Waals surface area contributed by atoms with E-state index in [2.05, 4.69) is 0 Å². The number of anilines is 3. The van der Waals surface area contributed by atoms with E-state index >= 15 is 0 Å². The SMILES string of the molecule is Nc1cc(N)cc(C(=O)O)c1.Nc1ccc(O)cc1O. The predicted molar refractivity (Wildman–Crippen MR) is 76.4 cm³/mol. The largest absolute Gasteiger partial charge is 0.508 e. The smallest absolute Gasteiger partial charge is 0.335 e. The number of hydrogen-bond donors (Lipinski definition) is 6. The molecule has 2 rings (SSSR count). The standard InChI is InChI=1S/C7H8N2O2.C6H7NO2/c8-5-1-4(7(10)11)2-6(9)3-5;7-5-2-1-4(8)3-6(5)9/h1-3H,8-9H2,(H,10,11);1-3,8-9H,7H2. The van der Waals surface area contributed by atoms with Crippen molar-refractivity contribution in [3.8, 4) is 11.5 Å². The average molecular weight is 277 g/mol. The van der Waals surface area contributed by atoms with Crippen LogP contribution >= 0.6 is 0 Å². The van der Waals surface area contributed by atoms with Gasteiger partial charge in [-0.1, -0.05) is 0 Å². The zero-order chi connectivity index (χ0) is 15.3. The predicted octanol–water partition coefficient (Wildman–Crippen LogP) is 1.23. The molecule has 2 aromatic carbocycles. The van der Waals surface area contributed by atoms with Crippen molar-refractivity contribution >= 4 is 23.0 Å². The highest BCUT2D eigenvalue weighted by Gasteiger charge is 2.03. The van der Waals surface area contributed by atoms with E-state index < -0.39 is 5.97 Å². The van der Waals surface area contributed by atoms with Gasteiger partial charge in [0.15, 0.2) is 0 Å². The number of carboxylic acid groups (broad SMARTS) is 1. The molecule has 0 aliphatic rings. The Bertz CT molecular complexity index is 609. The fraction of sp³-hybridized carbons (Fsp3) is 0. The summed E-state index contributed by atoms with van der Waals surface area (Å²) in [5.41, 5.74) is 17.0. The van der Waals surface area contributed by atoms with Crippen LogP contribution in [0.2, 0.25) is 0 Å². The summed E-state index contributed by atoms with van der Waals surface area (Å²) in [5, 5.41) is 26.1. The maximum absolute atomic E-state index is 10.4. The van der Waals surface area contributed by atoms with Crippen LogP contribution in [0.1, 0.15) is 10.4 Å². The van der Waals surface area contributed by atoms with E-state index in [1.807, 2.05) is 0 Å². The number of rotatable bonds is 1. The molecule has 0 aliphatic heterocycles. The van der Waals surface area contributed by atoms with Gasteiger partial charge in [-0.3, -0.25) is 0 Å². The topological polar surface area (TPSA) is 156 Å². The number of phenols is 2. The van der Waals surface area contributed by atoms with Crippen molar-refractivity contribution in [3.63, 3.8) is 0 Å². The average Bonchev–Trinajstić information content (AvgIpc) is 2.34. The van der Waals surface area contributed by atoms with Crippen LogP contribution in [0, 0.1) is 0 Å². The second kappa shape index (κ2) is 6.19. The summed E-state index contributed by atoms with van der Waals surface area (Å²) in [6.07, 6.45) is 0. The van der Waals surface area contributed by atoms with Crippen molar-refractivity contribution in [1.29, 1.82) is 0 Å². The minimum absolute atomic E-state index is 0.0155. The van der Waals surface area contributed by atoms with Crippen LogP contribution in [-0.2, 0) is 0 Å². The molecule has 20 heavy (non-hydrogen) atoms. The third-order valence-electron chi connectivity index (χ3n) is 2.24. The number of nitrogens with two attached hydrogens (primary N) is 3. The van der Waals surface area contributed by atoms with Crippen LogP contribution < -0.4 is 17.2 Å². The van der Waals surface area contributed by atoms with E-state index in [0.29, 0.717) is 11.4 Å². The Hall–Kier alpha value is -3.09. The molecular formula is C13H15N3O4. The summed E-state index contributed by atoms with van der Waals surface area (Å²) in [6, 6.07) is 8.26. The van der Waals surface area contributed by atoms with E-state index in [1.165, 1.54) is 36.4 Å². The fourth-order valence-electron chi connectivity index (χ4n) is 1.33. The fourth-order valence-corrected chi connectivity index (χ4v) is 1.33. The molecule has 0 amide bonds. The highest BCUT2D eigenvalue weighted by Crippen LogP contribution is 2.23. The number of aromatic hydroxyl groups is 2. The van der Waals surface area contributed by atoms with E-state index in [9.17, 15) is 4.79 Å². The van der Waals surface area contributed by atoms with Crippen molar-refractivity contribution in [1.82, 2.24) is 0 Å². The van der Waals surface area contributed by atoms with Crippen molar-refractivity contribution in [3.05, 3.63) is 42.0 Å². The van der Waals surface area contributed by atoms with Crippen LogP contribution in [-0.4, -0.2) is 21.3 Å². The van der Waals surface area contributed by atoms with E-state index in [4.69, 9.17) is 32.5 Å². The third kappa shape index (κ3) is 4.30. The van der Waals surface area contributed by atoms with Crippen molar-refractivity contribution in [2.45, 2.75) is 0 Å². The van der Waals surface area contributed by atoms with Crippen LogP contribution in [0.15, 0.2) is 36.4 Å². The maximum Gasteiger partial charge on any atom is 0.335 e. The summed E-state index contributed by atoms with van der Waals surface area (Å²) < 4.78 is 0. The van der Waals surface area contributed by atoms with Crippen LogP contribution in [0.5, 0.6) is 11.5 Å². The first-order valence-electron chi connectivity index (χ1n) is 5.46. The lowest BCUT2D eigenvalue weighted by molar-refractivity contribution is 0.0697. The van der Waals surface area contributed by atoms with Crippen molar-refractivity contribution in [2.75, 3.05) is 17.2 Å². The Kier molecular flexibility index (Phi) is 4.63. The summed E-state index contributed by atoms with van der Waals surface area (Å²) in [4.78, 5) is 10.4. The second-order valence-corrected chi connectivity index (χ2v) is 3.94. The maximum atomic E-state index is 10.4. The molecule has 7 heteroatoms. The molecule has 0 aromatic heterocycles. The highest BCUT2D eigenvalue weighted by atomic mass is 16.4. The first-order valence-corrected chi connectivity index (χ1v) is 5.46. The highest BCUT2D eigenvalue weighted by molar-refractivity contribution is 5.90. The van der Waals surface area contributed by atoms with E-state index in [-0.39, 0.29) is 22.7 Å². The van der Waals surface area contributed by atoms with Crippen LogP contribution in [0.25, 0.3) is 0 Å². The molecule has 0 atom stereocenters. The minimum Gasteiger partial charge on any atom is -0.508 e. The molecule has 7 nitrogen and oxygen atoms in total. The Balaban J connectivity index is 0.000000204. The van der Waals surface area contributed by atoms with Gasteiger partial charge in [0, 0.05) is 17.4 Å². The molecule has 0 fully saturated rings. The summed E-state index contributed by atoms with van der Waals surface area (Å²) in [5.74, 6) is -1.10. The lowest BCUT2D eigenvalue weighted by atomic mass is 10.2. The second-order valence-electron chi connectivity index (χ2n) is 3.94. The molecule has 0 bridgehead atoms. The summed E-state index contributed by atoms with van der Waals surface area (Å²) in [7, 11) is 0. The lowest BCUT2D eigenvalue weighted by Crippen LogP contribution is -1.99. The molecule has 0 saturated carbocycles. The van der Waals surface area contributed by atoms with Gasteiger partial charge in [-0.2, -0.15) is 0 Å². The number of carboxylic acids is 1. The van der Waals surface area contributed by atoms with Gasteiger partial charge in [0.2, 0.25) is 0 Å². The molecule has 0 heterocycles. The van der Waals surface area contributed by atoms with Gasteiger partial charge in [-0.15, -0.1) is 0 Å². The zero-order valence-corrected chi connectivity index (χ0v) is 10.4. The molecule has 0 unspecified atom stereocenters. The Labute approximate surface area is 114 Å². The van der Waals surface area contributed by atoms with Crippen LogP contribution in [0.4, 0.5) is 17.1 Å². The molecule has 0 saturated heterocycles. The number of carbonyl (C=O) groups is 1. The van der Waals surface area contributed by atoms with E-state index in [1.54, 1.807) is 0 Å². The molecule has 0 radical (unpaired) electrons. The minimum atomic E-state index is -1.02. The molecule has 9 N–H and O–H groups in total. The van der Waals surface area contributed by atoms with Gasteiger partial charge in [0.05, 0.1) is 11.3 Å². The Morgan fingerprint density at radius 2 is 1.45 bits per heavy atom. The Morgan fingerprint density at radius 1 is 0.900 bits per heavy atom. The number of hydrogen-bond acceptors (Lipinski definition) is 6. The third-order valence-corrected chi connectivity index (χ3v) is 2.24. The van der Waals surface area contributed by atoms with Gasteiger partial charge in [-0.25, -0.2) is 4.79 Å². The quantitative estimate of drug-likeness (QED) is 0.260. The molecule has 0 spiro atoms. The number of aromatic carboxylic acids is 1.